The number of nitrogens with zero attached hydrogens (tertiary/aromatic N) is 2. The lowest BCUT2D eigenvalue weighted by molar-refractivity contribution is -0.116. The molecule has 152 valence electrons. The monoisotopic (exact) mass is 411 g/mol. The number of nitrogens with one attached hydrogen (secondary N) is 1. The molecule has 0 saturated carbocycles. The third kappa shape index (κ3) is 3.79. The highest BCUT2D eigenvalue weighted by Crippen LogP contribution is 2.47. The summed E-state index contributed by atoms with van der Waals surface area (Å²) >= 11 is 1.69. The largest absolute Gasteiger partial charge is 0.497 e. The third-order valence-electron chi connectivity index (χ3n) is 5.67. The van der Waals surface area contributed by atoms with Gasteiger partial charge in [-0.1, -0.05) is 18.2 Å². The highest BCUT2D eigenvalue weighted by atomic mass is 32.2. The zero-order valence-corrected chi connectivity index (χ0v) is 17.5. The predicted octanol–water partition coefficient (Wildman–Crippen LogP) is 4.11. The van der Waals surface area contributed by atoms with E-state index >= 15 is 0 Å². The molecule has 0 atom stereocenters. The number of carbonyl (C=O) groups is 2. The van der Waals surface area contributed by atoms with Gasteiger partial charge in [-0.3, -0.25) is 9.69 Å². The molecule has 0 unspecified atom stereocenters. The molecule has 1 spiro atoms. The molecule has 2 aromatic rings. The van der Waals surface area contributed by atoms with E-state index in [0.717, 1.165) is 35.5 Å². The molecule has 2 aliphatic rings. The fourth-order valence-electron chi connectivity index (χ4n) is 4.00. The molecule has 2 heterocycles. The first kappa shape index (κ1) is 19.6. The average Bonchev–Trinajstić information content (AvgIpc) is 3.06. The van der Waals surface area contributed by atoms with Crippen LogP contribution in [0.15, 0.2) is 48.5 Å². The zero-order valence-electron chi connectivity index (χ0n) is 16.7. The smallest absolute Gasteiger partial charge is 0.321 e. The van der Waals surface area contributed by atoms with Gasteiger partial charge in [0.05, 0.1) is 17.7 Å². The Kier molecular flexibility index (Phi) is 5.41. The van der Waals surface area contributed by atoms with Crippen LogP contribution in [0.5, 0.6) is 5.75 Å². The number of rotatable bonds is 3. The van der Waals surface area contributed by atoms with Gasteiger partial charge in [-0.2, -0.15) is 0 Å². The number of methoxy groups -OCH3 is 1. The minimum Gasteiger partial charge on any atom is -0.497 e. The summed E-state index contributed by atoms with van der Waals surface area (Å²) in [7, 11) is 1.63. The van der Waals surface area contributed by atoms with Gasteiger partial charge in [0.15, 0.2) is 0 Å². The summed E-state index contributed by atoms with van der Waals surface area (Å²) in [5, 5.41) is 3.01. The maximum absolute atomic E-state index is 12.7. The van der Waals surface area contributed by atoms with Gasteiger partial charge in [-0.25, -0.2) is 4.79 Å². The van der Waals surface area contributed by atoms with Gasteiger partial charge in [0.2, 0.25) is 5.91 Å². The number of urea groups is 1. The van der Waals surface area contributed by atoms with Crippen LogP contribution in [-0.4, -0.2) is 47.7 Å². The Hall–Kier alpha value is -2.67. The Labute approximate surface area is 175 Å². The maximum atomic E-state index is 12.7. The molecule has 4 rings (SSSR count). The SMILES string of the molecule is COc1ccc(N2C(=O)CSC23CCN(C(=O)Nc2ccccc2C)CC3)cc1. The normalized spacial score (nSPS) is 18.2. The van der Waals surface area contributed by atoms with Crippen LogP contribution in [0.25, 0.3) is 0 Å². The molecule has 3 amide bonds. The number of thioether (sulfide) groups is 1. The predicted molar refractivity (Wildman–Crippen MR) is 117 cm³/mol. The lowest BCUT2D eigenvalue weighted by Crippen LogP contribution is -2.53. The third-order valence-corrected chi connectivity index (χ3v) is 7.19. The van der Waals surface area contributed by atoms with E-state index in [0.29, 0.717) is 18.8 Å². The highest BCUT2D eigenvalue weighted by molar-refractivity contribution is 8.02. The number of aryl methyl sites for hydroxylation is 1. The fourth-order valence-corrected chi connectivity index (χ4v) is 5.33. The number of hydrogen-bond acceptors (Lipinski definition) is 4. The van der Waals surface area contributed by atoms with Crippen LogP contribution in [0.2, 0.25) is 0 Å². The molecular formula is C22H25N3O3S. The Morgan fingerprint density at radius 2 is 1.79 bits per heavy atom. The van der Waals surface area contributed by atoms with Crippen molar-refractivity contribution in [2.75, 3.05) is 36.2 Å². The number of carbonyl (C=O) groups excluding carboxylic acids is 2. The number of ether oxygens (including phenoxy) is 1. The molecule has 2 saturated heterocycles. The summed E-state index contributed by atoms with van der Waals surface area (Å²) in [4.78, 5) is 28.9. The van der Waals surface area contributed by atoms with E-state index in [1.54, 1.807) is 18.9 Å². The van der Waals surface area contributed by atoms with Crippen molar-refractivity contribution in [1.29, 1.82) is 0 Å². The standard InChI is InChI=1S/C22H25N3O3S/c1-16-5-3-4-6-19(16)23-21(27)24-13-11-22(12-14-24)25(20(26)15-29-22)17-7-9-18(28-2)10-8-17/h3-10H,11-15H2,1-2H3,(H,23,27). The van der Waals surface area contributed by atoms with E-state index in [1.165, 1.54) is 0 Å². The summed E-state index contributed by atoms with van der Waals surface area (Å²) in [6.07, 6.45) is 1.49. The minimum absolute atomic E-state index is 0.0838. The van der Waals surface area contributed by atoms with Crippen LogP contribution in [-0.2, 0) is 4.79 Å². The first-order chi connectivity index (χ1) is 14.0. The van der Waals surface area contributed by atoms with Crippen molar-refractivity contribution in [3.63, 3.8) is 0 Å². The number of piperidine rings is 1. The molecule has 2 fully saturated rings. The molecule has 2 aromatic carbocycles. The van der Waals surface area contributed by atoms with Crippen LogP contribution in [0, 0.1) is 6.92 Å². The molecule has 6 nitrogen and oxygen atoms in total. The molecular weight excluding hydrogens is 386 g/mol. The Morgan fingerprint density at radius 3 is 2.45 bits per heavy atom. The lowest BCUT2D eigenvalue weighted by Gasteiger charge is -2.43. The number of hydrogen-bond donors (Lipinski definition) is 1. The van der Waals surface area contributed by atoms with E-state index in [4.69, 9.17) is 4.74 Å². The number of likely N-dealkylation sites (tertiary alicyclic amines) is 1. The molecule has 7 heteroatoms. The summed E-state index contributed by atoms with van der Waals surface area (Å²) in [6.45, 7) is 3.21. The van der Waals surface area contributed by atoms with E-state index in [2.05, 4.69) is 5.32 Å². The molecule has 0 radical (unpaired) electrons. The van der Waals surface area contributed by atoms with Crippen molar-refractivity contribution in [3.8, 4) is 5.75 Å². The Bertz CT molecular complexity index is 908. The van der Waals surface area contributed by atoms with Crippen molar-refractivity contribution in [2.45, 2.75) is 24.6 Å². The first-order valence-electron chi connectivity index (χ1n) is 9.75. The second kappa shape index (κ2) is 7.99. The van der Waals surface area contributed by atoms with Crippen molar-refractivity contribution >= 4 is 35.1 Å². The van der Waals surface area contributed by atoms with E-state index < -0.39 is 0 Å². The van der Waals surface area contributed by atoms with Crippen molar-refractivity contribution in [3.05, 3.63) is 54.1 Å². The van der Waals surface area contributed by atoms with Gasteiger partial charge in [-0.05, 0) is 55.7 Å². The van der Waals surface area contributed by atoms with Gasteiger partial charge in [-0.15, -0.1) is 11.8 Å². The Morgan fingerprint density at radius 1 is 1.10 bits per heavy atom. The van der Waals surface area contributed by atoms with Crippen LogP contribution in [0.1, 0.15) is 18.4 Å². The molecule has 0 bridgehead atoms. The minimum atomic E-state index is -0.287. The number of anilines is 2. The highest BCUT2D eigenvalue weighted by Gasteiger charge is 2.49. The second-order valence-corrected chi connectivity index (χ2v) is 8.73. The van der Waals surface area contributed by atoms with Gasteiger partial charge in [0, 0.05) is 24.5 Å². The van der Waals surface area contributed by atoms with Crippen molar-refractivity contribution < 1.29 is 14.3 Å². The average molecular weight is 412 g/mol. The summed E-state index contributed by atoms with van der Waals surface area (Å²) in [5.74, 6) is 1.37. The van der Waals surface area contributed by atoms with Crippen molar-refractivity contribution in [2.24, 2.45) is 0 Å². The fraction of sp³-hybridized carbons (Fsp3) is 0.364. The van der Waals surface area contributed by atoms with Gasteiger partial charge < -0.3 is 15.0 Å². The number of benzene rings is 2. The van der Waals surface area contributed by atoms with Crippen LogP contribution < -0.4 is 15.0 Å². The van der Waals surface area contributed by atoms with Crippen molar-refractivity contribution in [1.82, 2.24) is 4.90 Å². The number of para-hydroxylation sites is 1. The molecule has 1 N–H and O–H groups in total. The molecule has 2 aliphatic heterocycles. The van der Waals surface area contributed by atoms with Gasteiger partial charge in [0.25, 0.3) is 0 Å². The molecule has 29 heavy (non-hydrogen) atoms. The van der Waals surface area contributed by atoms with E-state index in [-0.39, 0.29) is 16.8 Å². The summed E-state index contributed by atoms with van der Waals surface area (Å²) in [6, 6.07) is 15.3. The van der Waals surface area contributed by atoms with E-state index in [1.807, 2.05) is 65.3 Å². The topological polar surface area (TPSA) is 61.9 Å². The second-order valence-electron chi connectivity index (χ2n) is 7.39. The van der Waals surface area contributed by atoms with Crippen LogP contribution in [0.3, 0.4) is 0 Å². The summed E-state index contributed by atoms with van der Waals surface area (Å²) in [5.41, 5.74) is 2.76. The first-order valence-corrected chi connectivity index (χ1v) is 10.7. The molecule has 0 aliphatic carbocycles. The Balaban J connectivity index is 1.46. The quantitative estimate of drug-likeness (QED) is 0.826. The van der Waals surface area contributed by atoms with E-state index in [9.17, 15) is 9.59 Å². The lowest BCUT2D eigenvalue weighted by atomic mass is 10.0. The zero-order chi connectivity index (χ0) is 20.4. The van der Waals surface area contributed by atoms with Gasteiger partial charge in [0.1, 0.15) is 5.75 Å². The molecule has 0 aromatic heterocycles. The van der Waals surface area contributed by atoms with Crippen LogP contribution in [0.4, 0.5) is 16.2 Å². The maximum Gasteiger partial charge on any atom is 0.321 e. The number of amides is 3. The van der Waals surface area contributed by atoms with Gasteiger partial charge >= 0.3 is 6.03 Å². The summed E-state index contributed by atoms with van der Waals surface area (Å²) < 4.78 is 5.23. The van der Waals surface area contributed by atoms with Crippen LogP contribution >= 0.6 is 11.8 Å².